The van der Waals surface area contributed by atoms with E-state index in [4.69, 9.17) is 10.2 Å². The summed E-state index contributed by atoms with van der Waals surface area (Å²) in [6.07, 6.45) is 2.73. The van der Waals surface area contributed by atoms with Crippen LogP contribution in [0.15, 0.2) is 12.4 Å². The summed E-state index contributed by atoms with van der Waals surface area (Å²) >= 11 is 0. The third kappa shape index (κ3) is 3.81. The topological polar surface area (TPSA) is 78.3 Å². The molecular weight excluding hydrogens is 194 g/mol. The van der Waals surface area contributed by atoms with Crippen molar-refractivity contribution in [2.75, 3.05) is 18.5 Å². The maximum absolute atomic E-state index is 9.09. The van der Waals surface area contributed by atoms with Crippen molar-refractivity contribution < 1.29 is 10.2 Å². The lowest BCUT2D eigenvalue weighted by Crippen LogP contribution is -2.23. The van der Waals surface area contributed by atoms with Gasteiger partial charge in [0.05, 0.1) is 12.7 Å². The van der Waals surface area contributed by atoms with Crippen LogP contribution in [-0.2, 0) is 0 Å². The molecule has 0 amide bonds. The summed E-state index contributed by atoms with van der Waals surface area (Å²) in [5.41, 5.74) is 1.07. The van der Waals surface area contributed by atoms with Crippen LogP contribution < -0.4 is 5.32 Å². The number of nitrogens with one attached hydrogen (secondary N) is 1. The highest BCUT2D eigenvalue weighted by Crippen LogP contribution is 2.11. The third-order valence-electron chi connectivity index (χ3n) is 2.05. The number of nitrogens with zero attached hydrogens (tertiary/aromatic N) is 2. The van der Waals surface area contributed by atoms with Crippen molar-refractivity contribution in [3.63, 3.8) is 0 Å². The molecule has 0 fully saturated rings. The molecular formula is C10H17N3O2. The Morgan fingerprint density at radius 1 is 1.33 bits per heavy atom. The number of anilines is 1. The minimum atomic E-state index is -0.779. The van der Waals surface area contributed by atoms with E-state index in [1.807, 2.05) is 0 Å². The highest BCUT2D eigenvalue weighted by atomic mass is 16.3. The predicted molar refractivity (Wildman–Crippen MR) is 57.7 cm³/mol. The fraction of sp³-hybridized carbons (Fsp3) is 0.600. The van der Waals surface area contributed by atoms with Crippen molar-refractivity contribution in [1.82, 2.24) is 9.97 Å². The molecule has 0 saturated carbocycles. The van der Waals surface area contributed by atoms with Crippen molar-refractivity contribution in [2.45, 2.75) is 25.9 Å². The number of aromatic nitrogens is 2. The second kappa shape index (κ2) is 5.63. The van der Waals surface area contributed by atoms with Crippen LogP contribution in [0.5, 0.6) is 0 Å². The van der Waals surface area contributed by atoms with Gasteiger partial charge in [-0.1, -0.05) is 13.8 Å². The molecule has 0 aliphatic carbocycles. The standard InChI is InChI=1S/C10H17N3O2/c1-7(2)8-3-11-10(12-4-8)13-5-9(15)6-14/h3-4,7,9,14-15H,5-6H2,1-2H3,(H,11,12,13). The Morgan fingerprint density at radius 3 is 2.40 bits per heavy atom. The zero-order valence-corrected chi connectivity index (χ0v) is 9.01. The minimum Gasteiger partial charge on any atom is -0.394 e. The maximum Gasteiger partial charge on any atom is 0.222 e. The molecule has 5 heteroatoms. The Kier molecular flexibility index (Phi) is 4.45. The molecule has 1 unspecified atom stereocenters. The zero-order chi connectivity index (χ0) is 11.3. The van der Waals surface area contributed by atoms with Gasteiger partial charge in [0, 0.05) is 18.9 Å². The Labute approximate surface area is 89.2 Å². The smallest absolute Gasteiger partial charge is 0.222 e. The summed E-state index contributed by atoms with van der Waals surface area (Å²) < 4.78 is 0. The first-order valence-electron chi connectivity index (χ1n) is 4.98. The lowest BCUT2D eigenvalue weighted by molar-refractivity contribution is 0.105. The first-order chi connectivity index (χ1) is 7.13. The van der Waals surface area contributed by atoms with Crippen LogP contribution in [0, 0.1) is 0 Å². The van der Waals surface area contributed by atoms with Crippen molar-refractivity contribution >= 4 is 5.95 Å². The summed E-state index contributed by atoms with van der Waals surface area (Å²) in [6.45, 7) is 4.12. The number of hydrogen-bond donors (Lipinski definition) is 3. The summed E-state index contributed by atoms with van der Waals surface area (Å²) in [5, 5.41) is 20.5. The average molecular weight is 211 g/mol. The molecule has 1 heterocycles. The number of aliphatic hydroxyl groups is 2. The summed E-state index contributed by atoms with van der Waals surface area (Å²) in [4.78, 5) is 8.18. The van der Waals surface area contributed by atoms with E-state index in [0.29, 0.717) is 11.9 Å². The minimum absolute atomic E-state index is 0.248. The highest BCUT2D eigenvalue weighted by molar-refractivity contribution is 5.25. The Morgan fingerprint density at radius 2 is 1.93 bits per heavy atom. The Hall–Kier alpha value is -1.20. The normalized spacial score (nSPS) is 12.9. The van der Waals surface area contributed by atoms with E-state index in [0.717, 1.165) is 5.56 Å². The highest BCUT2D eigenvalue weighted by Gasteiger charge is 2.04. The summed E-state index contributed by atoms with van der Waals surface area (Å²) in [7, 11) is 0. The van der Waals surface area contributed by atoms with Crippen LogP contribution in [-0.4, -0.2) is 39.4 Å². The fourth-order valence-electron chi connectivity index (χ4n) is 1.00. The summed E-state index contributed by atoms with van der Waals surface area (Å²) in [5.74, 6) is 0.869. The van der Waals surface area contributed by atoms with Gasteiger partial charge in [-0.3, -0.25) is 0 Å². The van der Waals surface area contributed by atoms with E-state index in [1.165, 1.54) is 0 Å². The number of rotatable bonds is 5. The molecule has 84 valence electrons. The molecule has 5 nitrogen and oxygen atoms in total. The van der Waals surface area contributed by atoms with Gasteiger partial charge in [-0.2, -0.15) is 0 Å². The van der Waals surface area contributed by atoms with E-state index in [9.17, 15) is 0 Å². The number of hydrogen-bond acceptors (Lipinski definition) is 5. The van der Waals surface area contributed by atoms with Crippen molar-refractivity contribution in [2.24, 2.45) is 0 Å². The largest absolute Gasteiger partial charge is 0.394 e. The van der Waals surface area contributed by atoms with Crippen LogP contribution in [0.2, 0.25) is 0 Å². The second-order valence-electron chi connectivity index (χ2n) is 3.71. The van der Waals surface area contributed by atoms with Gasteiger partial charge in [0.15, 0.2) is 0 Å². The number of aliphatic hydroxyl groups excluding tert-OH is 2. The van der Waals surface area contributed by atoms with Gasteiger partial charge in [0.2, 0.25) is 5.95 Å². The Balaban J connectivity index is 2.50. The van der Waals surface area contributed by atoms with Crippen LogP contribution >= 0.6 is 0 Å². The zero-order valence-electron chi connectivity index (χ0n) is 9.01. The predicted octanol–water partition coefficient (Wildman–Crippen LogP) is 0.365. The van der Waals surface area contributed by atoms with Gasteiger partial charge in [0.1, 0.15) is 0 Å². The molecule has 1 atom stereocenters. The lowest BCUT2D eigenvalue weighted by atomic mass is 10.1. The molecule has 15 heavy (non-hydrogen) atoms. The molecule has 1 aromatic rings. The van der Waals surface area contributed by atoms with Crippen molar-refractivity contribution in [3.05, 3.63) is 18.0 Å². The average Bonchev–Trinajstić information content (AvgIpc) is 2.26. The van der Waals surface area contributed by atoms with E-state index < -0.39 is 6.10 Å². The van der Waals surface area contributed by atoms with Crippen LogP contribution in [0.1, 0.15) is 25.3 Å². The fourth-order valence-corrected chi connectivity index (χ4v) is 1.00. The van der Waals surface area contributed by atoms with Crippen molar-refractivity contribution in [1.29, 1.82) is 0 Å². The van der Waals surface area contributed by atoms with Gasteiger partial charge in [-0.25, -0.2) is 9.97 Å². The summed E-state index contributed by atoms with van der Waals surface area (Å²) in [6, 6.07) is 0. The quantitative estimate of drug-likeness (QED) is 0.655. The molecule has 0 aliphatic heterocycles. The van der Waals surface area contributed by atoms with E-state index in [1.54, 1.807) is 12.4 Å². The van der Waals surface area contributed by atoms with Gasteiger partial charge >= 0.3 is 0 Å². The molecule has 0 bridgehead atoms. The van der Waals surface area contributed by atoms with Gasteiger partial charge in [0.25, 0.3) is 0 Å². The molecule has 0 saturated heterocycles. The van der Waals surface area contributed by atoms with Gasteiger partial charge in [-0.15, -0.1) is 0 Å². The maximum atomic E-state index is 9.09. The van der Waals surface area contributed by atoms with Crippen molar-refractivity contribution in [3.8, 4) is 0 Å². The first-order valence-corrected chi connectivity index (χ1v) is 4.98. The first kappa shape index (κ1) is 11.9. The monoisotopic (exact) mass is 211 g/mol. The van der Waals surface area contributed by atoms with Crippen LogP contribution in [0.25, 0.3) is 0 Å². The lowest BCUT2D eigenvalue weighted by Gasteiger charge is -2.09. The van der Waals surface area contributed by atoms with E-state index in [2.05, 4.69) is 29.1 Å². The van der Waals surface area contributed by atoms with Gasteiger partial charge in [-0.05, 0) is 11.5 Å². The SMILES string of the molecule is CC(C)c1cnc(NCC(O)CO)nc1. The molecule has 3 N–H and O–H groups in total. The molecule has 1 rings (SSSR count). The molecule has 0 aromatic carbocycles. The molecule has 1 aromatic heterocycles. The van der Waals surface area contributed by atoms with Crippen LogP contribution in [0.3, 0.4) is 0 Å². The molecule has 0 spiro atoms. The van der Waals surface area contributed by atoms with E-state index >= 15 is 0 Å². The molecule has 0 aliphatic rings. The van der Waals surface area contributed by atoms with E-state index in [-0.39, 0.29) is 13.2 Å². The second-order valence-corrected chi connectivity index (χ2v) is 3.71. The van der Waals surface area contributed by atoms with Crippen LogP contribution in [0.4, 0.5) is 5.95 Å². The molecule has 0 radical (unpaired) electrons. The Bertz CT molecular complexity index is 287. The van der Waals surface area contributed by atoms with Gasteiger partial charge < -0.3 is 15.5 Å². The third-order valence-corrected chi connectivity index (χ3v) is 2.05.